The zero-order valence-corrected chi connectivity index (χ0v) is 20.4. The third-order valence-electron chi connectivity index (χ3n) is 7.76. The Kier molecular flexibility index (Phi) is 7.06. The highest BCUT2D eigenvalue weighted by Crippen LogP contribution is 2.50. The van der Waals surface area contributed by atoms with Gasteiger partial charge in [-0.05, 0) is 86.9 Å². The molecule has 184 valence electrons. The lowest BCUT2D eigenvalue weighted by atomic mass is 9.62. The Hall–Kier alpha value is -1.67. The van der Waals surface area contributed by atoms with Crippen LogP contribution in [-0.4, -0.2) is 37.0 Å². The minimum atomic E-state index is -4.95. The largest absolute Gasteiger partial charge is 0.462 e. The van der Waals surface area contributed by atoms with Gasteiger partial charge in [-0.1, -0.05) is 37.1 Å². The number of hydrogen-bond donors (Lipinski definition) is 1. The van der Waals surface area contributed by atoms with Crippen LogP contribution in [0.1, 0.15) is 78.1 Å². The van der Waals surface area contributed by atoms with Gasteiger partial charge in [-0.25, -0.2) is 4.79 Å². The number of allylic oxidation sites excluding steroid dienone is 4. The molecule has 5 unspecified atom stereocenters. The third kappa shape index (κ3) is 6.07. The molecular formula is C25H36O7S. The maximum absolute atomic E-state index is 12.7. The monoisotopic (exact) mass is 480 g/mol. The molecule has 8 heteroatoms. The Morgan fingerprint density at radius 1 is 1.15 bits per heavy atom. The molecule has 0 radical (unpaired) electrons. The number of fused-ring (bicyclic) bond motifs is 4. The van der Waals surface area contributed by atoms with Gasteiger partial charge in [0.05, 0.1) is 13.0 Å². The van der Waals surface area contributed by atoms with Crippen LogP contribution in [0.5, 0.6) is 0 Å². The molecule has 4 aliphatic carbocycles. The lowest BCUT2D eigenvalue weighted by Crippen LogP contribution is -2.40. The lowest BCUT2D eigenvalue weighted by Gasteiger charge is -2.43. The Morgan fingerprint density at radius 2 is 1.91 bits per heavy atom. The van der Waals surface area contributed by atoms with E-state index in [2.05, 4.69) is 26.0 Å². The average Bonchev–Trinajstić information content (AvgIpc) is 2.67. The van der Waals surface area contributed by atoms with Crippen LogP contribution in [0.2, 0.25) is 0 Å². The van der Waals surface area contributed by atoms with Gasteiger partial charge in [0.25, 0.3) is 0 Å². The van der Waals surface area contributed by atoms with E-state index in [4.69, 9.17) is 9.47 Å². The summed E-state index contributed by atoms with van der Waals surface area (Å²) in [6.45, 7) is 4.37. The molecule has 0 heterocycles. The predicted octanol–water partition coefficient (Wildman–Crippen LogP) is 4.59. The van der Waals surface area contributed by atoms with Crippen LogP contribution in [0.4, 0.5) is 0 Å². The van der Waals surface area contributed by atoms with Crippen LogP contribution in [0.15, 0.2) is 23.3 Å². The summed E-state index contributed by atoms with van der Waals surface area (Å²) in [6.07, 6.45) is 13.0. The maximum atomic E-state index is 12.7. The topological polar surface area (TPSA) is 107 Å². The molecule has 0 amide bonds. The van der Waals surface area contributed by atoms with Crippen molar-refractivity contribution in [3.8, 4) is 0 Å². The molecule has 4 bridgehead atoms. The predicted molar refractivity (Wildman–Crippen MR) is 122 cm³/mol. The van der Waals surface area contributed by atoms with Crippen molar-refractivity contribution in [2.75, 3.05) is 6.61 Å². The van der Waals surface area contributed by atoms with E-state index in [1.54, 1.807) is 0 Å². The van der Waals surface area contributed by atoms with Gasteiger partial charge in [0.2, 0.25) is 0 Å². The quantitative estimate of drug-likeness (QED) is 0.323. The fourth-order valence-corrected chi connectivity index (χ4v) is 7.44. The van der Waals surface area contributed by atoms with Crippen LogP contribution in [-0.2, 0) is 29.2 Å². The molecule has 4 aliphatic rings. The number of esters is 2. The SMILES string of the molecule is CC1C=C2CCCC(CC(=O)OC(C(=O)OCC3CC4=C[C@@H](C)CC(C4)C3)S(=O)(=O)O)(C2)C1. The number of hydrogen-bond acceptors (Lipinski definition) is 6. The molecule has 4 rings (SSSR count). The van der Waals surface area contributed by atoms with E-state index in [9.17, 15) is 22.6 Å². The van der Waals surface area contributed by atoms with E-state index < -0.39 is 27.5 Å². The van der Waals surface area contributed by atoms with Gasteiger partial charge in [0.1, 0.15) is 0 Å². The molecular weight excluding hydrogens is 444 g/mol. The third-order valence-corrected chi connectivity index (χ3v) is 8.59. The second-order valence-electron chi connectivity index (χ2n) is 11.1. The van der Waals surface area contributed by atoms with E-state index in [1.807, 2.05) is 0 Å². The fraction of sp³-hybridized carbons (Fsp3) is 0.760. The molecule has 1 N–H and O–H groups in total. The maximum Gasteiger partial charge on any atom is 0.366 e. The zero-order chi connectivity index (χ0) is 23.8. The van der Waals surface area contributed by atoms with Crippen molar-refractivity contribution in [1.82, 2.24) is 0 Å². The van der Waals surface area contributed by atoms with E-state index in [0.717, 1.165) is 57.8 Å². The Balaban J connectivity index is 1.35. The number of rotatable bonds is 7. The molecule has 7 nitrogen and oxygen atoms in total. The van der Waals surface area contributed by atoms with Crippen molar-refractivity contribution in [3.05, 3.63) is 23.3 Å². The summed E-state index contributed by atoms with van der Waals surface area (Å²) in [4.78, 5) is 25.3. The van der Waals surface area contributed by atoms with Crippen LogP contribution in [0.25, 0.3) is 0 Å². The van der Waals surface area contributed by atoms with Crippen LogP contribution in [0.3, 0.4) is 0 Å². The van der Waals surface area contributed by atoms with Crippen molar-refractivity contribution in [3.63, 3.8) is 0 Å². The van der Waals surface area contributed by atoms with E-state index >= 15 is 0 Å². The van der Waals surface area contributed by atoms with E-state index in [-0.39, 0.29) is 24.4 Å². The van der Waals surface area contributed by atoms with E-state index in [1.165, 1.54) is 11.1 Å². The van der Waals surface area contributed by atoms with Gasteiger partial charge in [-0.15, -0.1) is 0 Å². The summed E-state index contributed by atoms with van der Waals surface area (Å²) >= 11 is 0. The Labute approximate surface area is 196 Å². The molecule has 0 saturated heterocycles. The first kappa shape index (κ1) is 24.5. The van der Waals surface area contributed by atoms with Gasteiger partial charge in [-0.3, -0.25) is 9.35 Å². The summed E-state index contributed by atoms with van der Waals surface area (Å²) in [5, 5.41) is 0. The van der Waals surface area contributed by atoms with Crippen molar-refractivity contribution >= 4 is 22.1 Å². The van der Waals surface area contributed by atoms with Gasteiger partial charge in [0.15, 0.2) is 0 Å². The van der Waals surface area contributed by atoms with E-state index in [0.29, 0.717) is 17.8 Å². The summed E-state index contributed by atoms with van der Waals surface area (Å²) in [6, 6.07) is 0. The van der Waals surface area contributed by atoms with Crippen molar-refractivity contribution in [2.45, 2.75) is 83.5 Å². The van der Waals surface area contributed by atoms with Crippen molar-refractivity contribution in [1.29, 1.82) is 0 Å². The molecule has 6 atom stereocenters. The second kappa shape index (κ2) is 9.53. The molecule has 0 aliphatic heterocycles. The van der Waals surface area contributed by atoms with Crippen LogP contribution < -0.4 is 0 Å². The van der Waals surface area contributed by atoms with Gasteiger partial charge >= 0.3 is 27.5 Å². The first-order chi connectivity index (χ1) is 15.5. The summed E-state index contributed by atoms with van der Waals surface area (Å²) in [7, 11) is -4.95. The minimum absolute atomic E-state index is 0.0324. The number of carbonyl (C=O) groups excluding carboxylic acids is 2. The fourth-order valence-electron chi connectivity index (χ4n) is 6.90. The normalized spacial score (nSPS) is 34.5. The number of ether oxygens (including phenoxy) is 2. The molecule has 0 aromatic carbocycles. The highest BCUT2D eigenvalue weighted by Gasteiger charge is 2.43. The second-order valence-corrected chi connectivity index (χ2v) is 12.6. The molecule has 0 aromatic rings. The average molecular weight is 481 g/mol. The van der Waals surface area contributed by atoms with Crippen molar-refractivity contribution < 1.29 is 32.0 Å². The summed E-state index contributed by atoms with van der Waals surface area (Å²) in [5.74, 6) is -0.428. The Bertz CT molecular complexity index is 950. The first-order valence-electron chi connectivity index (χ1n) is 12.2. The van der Waals surface area contributed by atoms with Crippen molar-refractivity contribution in [2.24, 2.45) is 29.1 Å². The Morgan fingerprint density at radius 3 is 2.64 bits per heavy atom. The zero-order valence-electron chi connectivity index (χ0n) is 19.6. The van der Waals surface area contributed by atoms with Gasteiger partial charge < -0.3 is 9.47 Å². The lowest BCUT2D eigenvalue weighted by molar-refractivity contribution is -0.165. The minimum Gasteiger partial charge on any atom is -0.462 e. The van der Waals surface area contributed by atoms with Crippen LogP contribution in [0, 0.1) is 29.1 Å². The molecule has 2 fully saturated rings. The van der Waals surface area contributed by atoms with Gasteiger partial charge in [0, 0.05) is 0 Å². The standard InChI is InChI=1S/C25H36O7S/c1-16-6-19-9-20(7-16)11-21(10-19)15-31-23(27)24(33(28,29)30)32-22(26)14-25-5-3-4-18(13-25)8-17(2)12-25/h6,8,16-17,20-21,24H,3-5,7,9-15H2,1-2H3,(H,28,29,30)/t16-,17?,20?,21?,24?,25?/m1/s1. The highest BCUT2D eigenvalue weighted by atomic mass is 32.2. The first-order valence-corrected chi connectivity index (χ1v) is 13.7. The highest BCUT2D eigenvalue weighted by molar-refractivity contribution is 7.87. The molecule has 0 spiro atoms. The smallest absolute Gasteiger partial charge is 0.366 e. The summed E-state index contributed by atoms with van der Waals surface area (Å²) in [5.41, 5.74) is 0.103. The number of carbonyl (C=O) groups is 2. The molecule has 33 heavy (non-hydrogen) atoms. The molecule has 2 saturated carbocycles. The van der Waals surface area contributed by atoms with Crippen LogP contribution >= 0.6 is 0 Å². The summed E-state index contributed by atoms with van der Waals surface area (Å²) < 4.78 is 43.6. The van der Waals surface area contributed by atoms with Gasteiger partial charge in [-0.2, -0.15) is 8.42 Å². The molecule has 0 aromatic heterocycles.